The summed E-state index contributed by atoms with van der Waals surface area (Å²) < 4.78 is 6.96. The van der Waals surface area contributed by atoms with Gasteiger partial charge in [0.2, 0.25) is 0 Å². The molecule has 0 bridgehead atoms. The van der Waals surface area contributed by atoms with Crippen LogP contribution in [0.2, 0.25) is 0 Å². The van der Waals surface area contributed by atoms with E-state index in [1.165, 1.54) is 0 Å². The Labute approximate surface area is 156 Å². The van der Waals surface area contributed by atoms with Gasteiger partial charge in [0.25, 0.3) is 17.4 Å². The van der Waals surface area contributed by atoms with E-state index in [0.717, 1.165) is 16.7 Å². The lowest BCUT2D eigenvalue weighted by Gasteiger charge is -2.07. The predicted molar refractivity (Wildman–Crippen MR) is 103 cm³/mol. The van der Waals surface area contributed by atoms with Crippen LogP contribution in [-0.2, 0) is 13.1 Å². The number of rotatable bonds is 6. The molecule has 134 valence electrons. The van der Waals surface area contributed by atoms with Crippen molar-refractivity contribution in [3.63, 3.8) is 0 Å². The van der Waals surface area contributed by atoms with Crippen LogP contribution in [0.15, 0.2) is 88.3 Å². The van der Waals surface area contributed by atoms with Gasteiger partial charge in [0.05, 0.1) is 6.54 Å². The Bertz CT molecular complexity index is 1070. The van der Waals surface area contributed by atoms with Crippen LogP contribution in [-0.4, -0.2) is 14.7 Å². The van der Waals surface area contributed by atoms with Crippen LogP contribution < -0.4 is 10.9 Å². The highest BCUT2D eigenvalue weighted by atomic mass is 16.5. The minimum absolute atomic E-state index is 0.00503. The topological polar surface area (TPSA) is 73.0 Å². The largest absolute Gasteiger partial charge is 0.347 e. The van der Waals surface area contributed by atoms with Crippen molar-refractivity contribution in [2.75, 3.05) is 5.32 Å². The molecule has 6 nitrogen and oxygen atoms in total. The summed E-state index contributed by atoms with van der Waals surface area (Å²) in [5.74, 6) is 0.940. The predicted octanol–water partition coefficient (Wildman–Crippen LogP) is 3.56. The number of hydrogen-bond donors (Lipinski definition) is 1. The SMILES string of the molecule is O=c1ccccn1Cc1ccc(CNc2noc(-c3ccccc3)n2)cc1. The molecule has 0 amide bonds. The van der Waals surface area contributed by atoms with Gasteiger partial charge >= 0.3 is 0 Å². The molecule has 0 atom stereocenters. The molecular weight excluding hydrogens is 340 g/mol. The first-order chi connectivity index (χ1) is 13.3. The van der Waals surface area contributed by atoms with Crippen LogP contribution in [0, 0.1) is 0 Å². The van der Waals surface area contributed by atoms with E-state index in [1.807, 2.05) is 60.7 Å². The highest BCUT2D eigenvalue weighted by molar-refractivity contribution is 5.53. The summed E-state index contributed by atoms with van der Waals surface area (Å²) in [5.41, 5.74) is 3.04. The fourth-order valence-corrected chi connectivity index (χ4v) is 2.72. The van der Waals surface area contributed by atoms with E-state index in [-0.39, 0.29) is 5.56 Å². The number of benzene rings is 2. The summed E-state index contributed by atoms with van der Waals surface area (Å²) in [5, 5.41) is 7.11. The highest BCUT2D eigenvalue weighted by Gasteiger charge is 2.07. The third kappa shape index (κ3) is 4.12. The Morgan fingerprint density at radius 3 is 2.41 bits per heavy atom. The first kappa shape index (κ1) is 16.8. The van der Waals surface area contributed by atoms with Gasteiger partial charge in [0.1, 0.15) is 0 Å². The zero-order valence-corrected chi connectivity index (χ0v) is 14.6. The van der Waals surface area contributed by atoms with E-state index in [2.05, 4.69) is 15.5 Å². The summed E-state index contributed by atoms with van der Waals surface area (Å²) in [7, 11) is 0. The van der Waals surface area contributed by atoms with Crippen LogP contribution in [0.25, 0.3) is 11.5 Å². The molecule has 2 heterocycles. The maximum Gasteiger partial charge on any atom is 0.264 e. The second-order valence-corrected chi connectivity index (χ2v) is 6.13. The minimum atomic E-state index is -0.00503. The number of anilines is 1. The first-order valence-corrected chi connectivity index (χ1v) is 8.64. The molecule has 2 aromatic carbocycles. The van der Waals surface area contributed by atoms with Crippen molar-refractivity contribution in [3.05, 3.63) is 100 Å². The Morgan fingerprint density at radius 2 is 1.63 bits per heavy atom. The number of aromatic nitrogens is 3. The van der Waals surface area contributed by atoms with Crippen LogP contribution in [0.3, 0.4) is 0 Å². The van der Waals surface area contributed by atoms with Crippen molar-refractivity contribution in [2.24, 2.45) is 0 Å². The quantitative estimate of drug-likeness (QED) is 0.570. The molecule has 0 aliphatic carbocycles. The van der Waals surface area contributed by atoms with E-state index in [9.17, 15) is 4.79 Å². The zero-order chi connectivity index (χ0) is 18.5. The van der Waals surface area contributed by atoms with Crippen molar-refractivity contribution in [2.45, 2.75) is 13.1 Å². The van der Waals surface area contributed by atoms with Crippen molar-refractivity contribution >= 4 is 5.95 Å². The van der Waals surface area contributed by atoms with Gasteiger partial charge in [-0.1, -0.05) is 48.5 Å². The molecule has 0 aliphatic rings. The lowest BCUT2D eigenvalue weighted by molar-refractivity contribution is 0.432. The van der Waals surface area contributed by atoms with Gasteiger partial charge in [-0.15, -0.1) is 0 Å². The summed E-state index contributed by atoms with van der Waals surface area (Å²) in [6.07, 6.45) is 1.79. The lowest BCUT2D eigenvalue weighted by Crippen LogP contribution is -2.18. The summed E-state index contributed by atoms with van der Waals surface area (Å²) >= 11 is 0. The number of nitrogens with one attached hydrogen (secondary N) is 1. The molecule has 4 rings (SSSR count). The molecule has 1 N–H and O–H groups in total. The Morgan fingerprint density at radius 1 is 0.889 bits per heavy atom. The van der Waals surface area contributed by atoms with Crippen molar-refractivity contribution < 1.29 is 4.52 Å². The number of hydrogen-bond acceptors (Lipinski definition) is 5. The van der Waals surface area contributed by atoms with Crippen LogP contribution in [0.5, 0.6) is 0 Å². The van der Waals surface area contributed by atoms with E-state index in [4.69, 9.17) is 4.52 Å². The number of pyridine rings is 1. The molecule has 0 radical (unpaired) electrons. The van der Waals surface area contributed by atoms with Gasteiger partial charge in [-0.3, -0.25) is 4.79 Å². The smallest absolute Gasteiger partial charge is 0.264 e. The molecule has 0 saturated carbocycles. The van der Waals surface area contributed by atoms with E-state index in [1.54, 1.807) is 22.9 Å². The maximum atomic E-state index is 11.8. The molecule has 0 aliphatic heterocycles. The summed E-state index contributed by atoms with van der Waals surface area (Å²) in [4.78, 5) is 16.1. The van der Waals surface area contributed by atoms with E-state index in [0.29, 0.717) is 24.9 Å². The maximum absolute atomic E-state index is 11.8. The van der Waals surface area contributed by atoms with Gasteiger partial charge in [0, 0.05) is 24.4 Å². The molecule has 0 spiro atoms. The summed E-state index contributed by atoms with van der Waals surface area (Å²) in [6, 6.07) is 22.9. The van der Waals surface area contributed by atoms with Gasteiger partial charge in [-0.2, -0.15) is 4.98 Å². The Kier molecular flexibility index (Phi) is 4.78. The molecule has 0 fully saturated rings. The van der Waals surface area contributed by atoms with Crippen molar-refractivity contribution in [1.82, 2.24) is 14.7 Å². The zero-order valence-electron chi connectivity index (χ0n) is 14.6. The average Bonchev–Trinajstić information content (AvgIpc) is 3.19. The van der Waals surface area contributed by atoms with Crippen LogP contribution >= 0.6 is 0 Å². The number of nitrogens with zero attached hydrogens (tertiary/aromatic N) is 3. The molecule has 2 aromatic heterocycles. The third-order valence-corrected chi connectivity index (χ3v) is 4.17. The lowest BCUT2D eigenvalue weighted by atomic mass is 10.1. The third-order valence-electron chi connectivity index (χ3n) is 4.17. The van der Waals surface area contributed by atoms with E-state index >= 15 is 0 Å². The standard InChI is InChI=1S/C21H18N4O2/c26-19-8-4-5-13-25(19)15-17-11-9-16(10-12-17)14-22-21-23-20(27-24-21)18-6-2-1-3-7-18/h1-13H,14-15H2,(H,22,24). The Hall–Kier alpha value is -3.67. The monoisotopic (exact) mass is 358 g/mol. The first-order valence-electron chi connectivity index (χ1n) is 8.64. The van der Waals surface area contributed by atoms with Crippen molar-refractivity contribution in [1.29, 1.82) is 0 Å². The summed E-state index contributed by atoms with van der Waals surface area (Å²) in [6.45, 7) is 1.14. The van der Waals surface area contributed by atoms with E-state index < -0.39 is 0 Å². The molecular formula is C21H18N4O2. The molecule has 0 unspecified atom stereocenters. The van der Waals surface area contributed by atoms with Gasteiger partial charge in [-0.25, -0.2) is 0 Å². The average molecular weight is 358 g/mol. The molecule has 0 saturated heterocycles. The van der Waals surface area contributed by atoms with Gasteiger partial charge < -0.3 is 14.4 Å². The fraction of sp³-hybridized carbons (Fsp3) is 0.0952. The van der Waals surface area contributed by atoms with Crippen LogP contribution in [0.4, 0.5) is 5.95 Å². The second kappa shape index (κ2) is 7.70. The van der Waals surface area contributed by atoms with Crippen LogP contribution in [0.1, 0.15) is 11.1 Å². The molecule has 4 aromatic rings. The van der Waals surface area contributed by atoms with Gasteiger partial charge in [0.15, 0.2) is 0 Å². The Balaban J connectivity index is 1.37. The molecule has 6 heteroatoms. The minimum Gasteiger partial charge on any atom is -0.347 e. The normalized spacial score (nSPS) is 10.7. The second-order valence-electron chi connectivity index (χ2n) is 6.13. The van der Waals surface area contributed by atoms with Crippen molar-refractivity contribution in [3.8, 4) is 11.5 Å². The van der Waals surface area contributed by atoms with Gasteiger partial charge in [-0.05, 0) is 34.5 Å². The highest BCUT2D eigenvalue weighted by Crippen LogP contribution is 2.18. The molecule has 27 heavy (non-hydrogen) atoms. The fourth-order valence-electron chi connectivity index (χ4n) is 2.72.